The third-order valence-electron chi connectivity index (χ3n) is 2.34. The summed E-state index contributed by atoms with van der Waals surface area (Å²) < 4.78 is 5.75. The van der Waals surface area contributed by atoms with E-state index in [9.17, 15) is 0 Å². The first-order valence-electron chi connectivity index (χ1n) is 4.96. The van der Waals surface area contributed by atoms with Crippen LogP contribution in [0.3, 0.4) is 0 Å². The third kappa shape index (κ3) is 2.59. The Balaban J connectivity index is 2.04. The van der Waals surface area contributed by atoms with E-state index in [1.54, 1.807) is 12.4 Å². The Labute approximate surface area is 94.0 Å². The molecule has 2 heterocycles. The van der Waals surface area contributed by atoms with Gasteiger partial charge in [0.1, 0.15) is 5.75 Å². The van der Waals surface area contributed by atoms with Gasteiger partial charge in [-0.05, 0) is 13.0 Å². The minimum atomic E-state index is -0.00818. The number of hydrogen-bond donors (Lipinski definition) is 2. The van der Waals surface area contributed by atoms with Crippen molar-refractivity contribution in [3.63, 3.8) is 0 Å². The number of halogens is 1. The lowest BCUT2D eigenvalue weighted by Gasteiger charge is -2.14. The van der Waals surface area contributed by atoms with Gasteiger partial charge in [-0.3, -0.25) is 10.4 Å². The van der Waals surface area contributed by atoms with Gasteiger partial charge in [-0.1, -0.05) is 0 Å². The Morgan fingerprint density at radius 1 is 1.60 bits per heavy atom. The van der Waals surface area contributed by atoms with Crippen LogP contribution >= 0.6 is 11.6 Å². The number of hydrazine groups is 1. The Bertz CT molecular complexity index is 334. The smallest absolute Gasteiger partial charge is 0.164 e. The summed E-state index contributed by atoms with van der Waals surface area (Å²) in [5.41, 5.74) is 7.13. The fourth-order valence-corrected chi connectivity index (χ4v) is 1.75. The molecule has 0 saturated carbocycles. The normalized spacial score (nSPS) is 25.5. The molecule has 0 radical (unpaired) electrons. The van der Waals surface area contributed by atoms with Gasteiger partial charge in [0.2, 0.25) is 0 Å². The van der Waals surface area contributed by atoms with E-state index in [0.29, 0.717) is 11.9 Å². The Kier molecular flexibility index (Phi) is 3.41. The van der Waals surface area contributed by atoms with Gasteiger partial charge in [-0.2, -0.15) is 0 Å². The molecule has 0 bridgehead atoms. The quantitative estimate of drug-likeness (QED) is 0.767. The van der Waals surface area contributed by atoms with E-state index in [1.165, 1.54) is 0 Å². The van der Waals surface area contributed by atoms with Crippen LogP contribution in [-0.2, 0) is 5.88 Å². The molecule has 2 unspecified atom stereocenters. The van der Waals surface area contributed by atoms with Crippen LogP contribution in [0.4, 0.5) is 0 Å². The first-order valence-corrected chi connectivity index (χ1v) is 5.49. The number of nitrogens with one attached hydrogen (secondary N) is 2. The zero-order valence-corrected chi connectivity index (χ0v) is 9.29. The molecule has 1 aliphatic rings. The zero-order valence-electron chi connectivity index (χ0n) is 8.53. The standard InChI is InChI=1S/C10H14ClN3O/c1-7-4-10(14-13-7)15-9-6-12-3-2-8(9)5-11/h2-3,6-7,10,13-14H,4-5H2,1H3. The maximum absolute atomic E-state index is 5.80. The SMILES string of the molecule is CC1CC(Oc2cnccc2CCl)NN1. The summed E-state index contributed by atoms with van der Waals surface area (Å²) in [6, 6.07) is 2.29. The van der Waals surface area contributed by atoms with Crippen molar-refractivity contribution in [3.8, 4) is 5.75 Å². The molecule has 0 spiro atoms. The number of nitrogens with zero attached hydrogens (tertiary/aromatic N) is 1. The van der Waals surface area contributed by atoms with Crippen molar-refractivity contribution < 1.29 is 4.74 Å². The summed E-state index contributed by atoms with van der Waals surface area (Å²) in [5.74, 6) is 1.19. The summed E-state index contributed by atoms with van der Waals surface area (Å²) in [6.45, 7) is 2.10. The maximum Gasteiger partial charge on any atom is 0.164 e. The number of hydrogen-bond acceptors (Lipinski definition) is 4. The van der Waals surface area contributed by atoms with Gasteiger partial charge in [-0.15, -0.1) is 11.6 Å². The predicted octanol–water partition coefficient (Wildman–Crippen LogP) is 1.41. The molecule has 0 aromatic carbocycles. The molecule has 1 aromatic heterocycles. The summed E-state index contributed by atoms with van der Waals surface area (Å²) in [4.78, 5) is 4.02. The van der Waals surface area contributed by atoms with Crippen molar-refractivity contribution in [2.45, 2.75) is 31.5 Å². The van der Waals surface area contributed by atoms with E-state index >= 15 is 0 Å². The summed E-state index contributed by atoms with van der Waals surface area (Å²) >= 11 is 5.80. The molecule has 2 atom stereocenters. The van der Waals surface area contributed by atoms with Gasteiger partial charge in [-0.25, -0.2) is 5.43 Å². The highest BCUT2D eigenvalue weighted by molar-refractivity contribution is 6.17. The minimum absolute atomic E-state index is 0.00818. The van der Waals surface area contributed by atoms with Gasteiger partial charge in [0.05, 0.1) is 12.1 Å². The fourth-order valence-electron chi connectivity index (χ4n) is 1.53. The number of ether oxygens (including phenoxy) is 1. The van der Waals surface area contributed by atoms with E-state index in [-0.39, 0.29) is 6.23 Å². The molecule has 1 fully saturated rings. The molecule has 1 aromatic rings. The molecule has 2 N–H and O–H groups in total. The second-order valence-corrected chi connectivity index (χ2v) is 3.92. The van der Waals surface area contributed by atoms with Gasteiger partial charge < -0.3 is 4.74 Å². The summed E-state index contributed by atoms with van der Waals surface area (Å²) in [7, 11) is 0. The van der Waals surface area contributed by atoms with Crippen LogP contribution in [-0.4, -0.2) is 17.3 Å². The predicted molar refractivity (Wildman–Crippen MR) is 58.6 cm³/mol. The first kappa shape index (κ1) is 10.7. The topological polar surface area (TPSA) is 46.2 Å². The Morgan fingerprint density at radius 3 is 3.13 bits per heavy atom. The maximum atomic E-state index is 5.80. The van der Waals surface area contributed by atoms with E-state index in [2.05, 4.69) is 22.8 Å². The number of alkyl halides is 1. The number of rotatable bonds is 3. The largest absolute Gasteiger partial charge is 0.472 e. The lowest BCUT2D eigenvalue weighted by atomic mass is 10.2. The molecular formula is C10H14ClN3O. The van der Waals surface area contributed by atoms with Crippen molar-refractivity contribution in [2.75, 3.05) is 0 Å². The average molecular weight is 228 g/mol. The number of pyridine rings is 1. The molecule has 2 rings (SSSR count). The third-order valence-corrected chi connectivity index (χ3v) is 2.63. The lowest BCUT2D eigenvalue weighted by Crippen LogP contribution is -2.35. The molecule has 82 valence electrons. The zero-order chi connectivity index (χ0) is 10.7. The van der Waals surface area contributed by atoms with E-state index < -0.39 is 0 Å². The first-order chi connectivity index (χ1) is 7.29. The van der Waals surface area contributed by atoms with Crippen LogP contribution in [0.2, 0.25) is 0 Å². The van der Waals surface area contributed by atoms with Gasteiger partial charge in [0, 0.05) is 24.2 Å². The summed E-state index contributed by atoms with van der Waals surface area (Å²) in [5, 5.41) is 0. The van der Waals surface area contributed by atoms with Crippen molar-refractivity contribution in [3.05, 3.63) is 24.0 Å². The van der Waals surface area contributed by atoms with Gasteiger partial charge in [0.25, 0.3) is 0 Å². The van der Waals surface area contributed by atoms with E-state index in [0.717, 1.165) is 17.7 Å². The molecule has 4 nitrogen and oxygen atoms in total. The molecule has 15 heavy (non-hydrogen) atoms. The molecule has 1 aliphatic heterocycles. The molecule has 1 saturated heterocycles. The van der Waals surface area contributed by atoms with Crippen molar-refractivity contribution in [1.82, 2.24) is 15.8 Å². The Morgan fingerprint density at radius 2 is 2.47 bits per heavy atom. The monoisotopic (exact) mass is 227 g/mol. The number of aromatic nitrogens is 1. The molecule has 0 aliphatic carbocycles. The van der Waals surface area contributed by atoms with Crippen LogP contribution in [0, 0.1) is 0 Å². The highest BCUT2D eigenvalue weighted by atomic mass is 35.5. The second kappa shape index (κ2) is 4.79. The second-order valence-electron chi connectivity index (χ2n) is 3.65. The molecular weight excluding hydrogens is 214 g/mol. The van der Waals surface area contributed by atoms with Crippen molar-refractivity contribution >= 4 is 11.6 Å². The van der Waals surface area contributed by atoms with Gasteiger partial charge in [0.15, 0.2) is 6.23 Å². The van der Waals surface area contributed by atoms with Crippen molar-refractivity contribution in [1.29, 1.82) is 0 Å². The summed E-state index contributed by atoms with van der Waals surface area (Å²) in [6.07, 6.45) is 4.33. The van der Waals surface area contributed by atoms with E-state index in [4.69, 9.17) is 16.3 Å². The lowest BCUT2D eigenvalue weighted by molar-refractivity contribution is 0.178. The van der Waals surface area contributed by atoms with E-state index in [1.807, 2.05) is 6.07 Å². The minimum Gasteiger partial charge on any atom is -0.472 e. The van der Waals surface area contributed by atoms with Crippen molar-refractivity contribution in [2.24, 2.45) is 0 Å². The van der Waals surface area contributed by atoms with Crippen LogP contribution in [0.25, 0.3) is 0 Å². The molecule has 5 heteroatoms. The Hall–Kier alpha value is -0.840. The van der Waals surface area contributed by atoms with Crippen LogP contribution in [0.5, 0.6) is 5.75 Å². The fraction of sp³-hybridized carbons (Fsp3) is 0.500. The highest BCUT2D eigenvalue weighted by Crippen LogP contribution is 2.21. The average Bonchev–Trinajstić information content (AvgIpc) is 2.65. The van der Waals surface area contributed by atoms with Crippen LogP contribution in [0.15, 0.2) is 18.5 Å². The molecule has 0 amide bonds. The highest BCUT2D eigenvalue weighted by Gasteiger charge is 2.22. The van der Waals surface area contributed by atoms with Crippen LogP contribution in [0.1, 0.15) is 18.9 Å². The van der Waals surface area contributed by atoms with Gasteiger partial charge >= 0.3 is 0 Å². The van der Waals surface area contributed by atoms with Crippen LogP contribution < -0.4 is 15.6 Å².